The lowest BCUT2D eigenvalue weighted by Crippen LogP contribution is -2.36. The summed E-state index contributed by atoms with van der Waals surface area (Å²) in [5.74, 6) is 1.96. The summed E-state index contributed by atoms with van der Waals surface area (Å²) in [5, 5.41) is 3.79. The molecule has 2 aromatic rings. The third-order valence-electron chi connectivity index (χ3n) is 4.92. The molecule has 1 aliphatic rings. The first-order valence-corrected chi connectivity index (χ1v) is 11.4. The molecule has 2 heterocycles. The van der Waals surface area contributed by atoms with Gasteiger partial charge in [0.15, 0.2) is 5.76 Å². The maximum atomic E-state index is 13.0. The number of rotatable bonds is 8. The van der Waals surface area contributed by atoms with Gasteiger partial charge < -0.3 is 14.0 Å². The number of hydrogen-bond donors (Lipinski definition) is 0. The van der Waals surface area contributed by atoms with Crippen molar-refractivity contribution in [3.63, 3.8) is 0 Å². The third kappa shape index (κ3) is 5.29. The zero-order valence-corrected chi connectivity index (χ0v) is 18.1. The number of aromatic nitrogens is 1. The Balaban J connectivity index is 1.51. The molecule has 160 valence electrons. The van der Waals surface area contributed by atoms with Crippen LogP contribution < -0.4 is 9.47 Å². The van der Waals surface area contributed by atoms with E-state index in [0.717, 1.165) is 31.0 Å². The van der Waals surface area contributed by atoms with Crippen molar-refractivity contribution in [3.05, 3.63) is 35.7 Å². The van der Waals surface area contributed by atoms with Gasteiger partial charge in [0.05, 0.1) is 6.61 Å². The Morgan fingerprint density at radius 2 is 1.72 bits per heavy atom. The molecule has 0 aliphatic carbocycles. The first-order valence-electron chi connectivity index (χ1n) is 9.93. The molecular formula is C20H29N3O5S. The van der Waals surface area contributed by atoms with E-state index < -0.39 is 10.0 Å². The lowest BCUT2D eigenvalue weighted by Gasteiger charge is -2.21. The van der Waals surface area contributed by atoms with Crippen molar-refractivity contribution in [2.45, 2.75) is 32.1 Å². The van der Waals surface area contributed by atoms with Gasteiger partial charge in [-0.15, -0.1) is 0 Å². The molecule has 0 atom stereocenters. The van der Waals surface area contributed by atoms with Crippen LogP contribution in [-0.4, -0.2) is 68.7 Å². The number of hydrogen-bond acceptors (Lipinski definition) is 7. The van der Waals surface area contributed by atoms with Gasteiger partial charge in [0, 0.05) is 26.2 Å². The summed E-state index contributed by atoms with van der Waals surface area (Å²) in [6, 6.07) is 7.57. The van der Waals surface area contributed by atoms with E-state index in [0.29, 0.717) is 44.3 Å². The van der Waals surface area contributed by atoms with Gasteiger partial charge in [-0.05, 0) is 58.0 Å². The molecule has 0 amide bonds. The second-order valence-electron chi connectivity index (χ2n) is 7.01. The van der Waals surface area contributed by atoms with Gasteiger partial charge in [-0.1, -0.05) is 5.16 Å². The van der Waals surface area contributed by atoms with Crippen LogP contribution in [0, 0.1) is 13.8 Å². The average Bonchev–Trinajstić information content (AvgIpc) is 2.89. The van der Waals surface area contributed by atoms with Crippen LogP contribution in [0.3, 0.4) is 0 Å². The standard InChI is InChI=1S/C20H29N3O5S/c1-4-26-18-6-8-19(9-7-18)27-15-14-22-10-5-11-23(13-12-22)29(24,25)20-16(2)21-28-17(20)3/h6-9H,4-5,10-15H2,1-3H3. The predicted molar refractivity (Wildman–Crippen MR) is 109 cm³/mol. The van der Waals surface area contributed by atoms with E-state index in [9.17, 15) is 8.42 Å². The van der Waals surface area contributed by atoms with Gasteiger partial charge >= 0.3 is 0 Å². The number of ether oxygens (including phenoxy) is 2. The van der Waals surface area contributed by atoms with E-state index in [4.69, 9.17) is 14.0 Å². The Bertz CT molecular complexity index is 876. The molecular weight excluding hydrogens is 394 g/mol. The first-order chi connectivity index (χ1) is 13.9. The number of benzene rings is 1. The normalized spacial score (nSPS) is 16.5. The highest BCUT2D eigenvalue weighted by atomic mass is 32.2. The number of aryl methyl sites for hydroxylation is 2. The van der Waals surface area contributed by atoms with Crippen molar-refractivity contribution in [2.75, 3.05) is 45.9 Å². The fraction of sp³-hybridized carbons (Fsp3) is 0.550. The molecule has 0 bridgehead atoms. The fourth-order valence-electron chi connectivity index (χ4n) is 3.47. The molecule has 3 rings (SSSR count). The highest BCUT2D eigenvalue weighted by Crippen LogP contribution is 2.24. The largest absolute Gasteiger partial charge is 0.494 e. The fourth-order valence-corrected chi connectivity index (χ4v) is 5.24. The number of nitrogens with zero attached hydrogens (tertiary/aromatic N) is 3. The molecule has 29 heavy (non-hydrogen) atoms. The van der Waals surface area contributed by atoms with Crippen LogP contribution in [0.15, 0.2) is 33.7 Å². The summed E-state index contributed by atoms with van der Waals surface area (Å²) >= 11 is 0. The monoisotopic (exact) mass is 423 g/mol. The van der Waals surface area contributed by atoms with Gasteiger partial charge in [-0.3, -0.25) is 4.90 Å². The van der Waals surface area contributed by atoms with Crippen LogP contribution >= 0.6 is 0 Å². The third-order valence-corrected chi connectivity index (χ3v) is 7.07. The molecule has 9 heteroatoms. The SMILES string of the molecule is CCOc1ccc(OCCN2CCCN(S(=O)(=O)c3c(C)noc3C)CC2)cc1. The lowest BCUT2D eigenvalue weighted by molar-refractivity contribution is 0.215. The van der Waals surface area contributed by atoms with Crippen molar-refractivity contribution in [3.8, 4) is 11.5 Å². The molecule has 1 aromatic carbocycles. The van der Waals surface area contributed by atoms with Gasteiger partial charge in [-0.2, -0.15) is 4.31 Å². The molecule has 0 saturated carbocycles. The van der Waals surface area contributed by atoms with Crippen LogP contribution in [0.1, 0.15) is 24.8 Å². The summed E-state index contributed by atoms with van der Waals surface area (Å²) in [5.41, 5.74) is 0.410. The van der Waals surface area contributed by atoms with Crippen LogP contribution in [0.25, 0.3) is 0 Å². The van der Waals surface area contributed by atoms with E-state index >= 15 is 0 Å². The van der Waals surface area contributed by atoms with Gasteiger partial charge in [0.25, 0.3) is 0 Å². The van der Waals surface area contributed by atoms with E-state index in [1.807, 2.05) is 31.2 Å². The van der Waals surface area contributed by atoms with Crippen molar-refractivity contribution < 1.29 is 22.4 Å². The van der Waals surface area contributed by atoms with Crippen molar-refractivity contribution in [2.24, 2.45) is 0 Å². The van der Waals surface area contributed by atoms with Crippen molar-refractivity contribution >= 4 is 10.0 Å². The molecule has 1 fully saturated rings. The maximum absolute atomic E-state index is 13.0. The summed E-state index contributed by atoms with van der Waals surface area (Å²) in [7, 11) is -3.59. The molecule has 0 N–H and O–H groups in total. The molecule has 1 saturated heterocycles. The number of sulfonamides is 1. The summed E-state index contributed by atoms with van der Waals surface area (Å²) in [4.78, 5) is 2.43. The molecule has 1 aliphatic heterocycles. The van der Waals surface area contributed by atoms with E-state index in [1.54, 1.807) is 13.8 Å². The average molecular weight is 424 g/mol. The van der Waals surface area contributed by atoms with Crippen LogP contribution in [0.5, 0.6) is 11.5 Å². The van der Waals surface area contributed by atoms with Crippen LogP contribution in [0.4, 0.5) is 0 Å². The smallest absolute Gasteiger partial charge is 0.248 e. The molecule has 1 aromatic heterocycles. The first kappa shape index (κ1) is 21.6. The molecule has 0 unspecified atom stereocenters. The van der Waals surface area contributed by atoms with Crippen LogP contribution in [-0.2, 0) is 10.0 Å². The Morgan fingerprint density at radius 1 is 1.03 bits per heavy atom. The van der Waals surface area contributed by atoms with Crippen molar-refractivity contribution in [1.29, 1.82) is 0 Å². The second-order valence-corrected chi connectivity index (χ2v) is 8.88. The van der Waals surface area contributed by atoms with Crippen LogP contribution in [0.2, 0.25) is 0 Å². The highest BCUT2D eigenvalue weighted by molar-refractivity contribution is 7.89. The van der Waals surface area contributed by atoms with E-state index in [2.05, 4.69) is 10.1 Å². The Labute approximate surface area is 172 Å². The molecule has 0 radical (unpaired) electrons. The minimum Gasteiger partial charge on any atom is -0.494 e. The summed E-state index contributed by atoms with van der Waals surface area (Å²) < 4.78 is 43.8. The Kier molecular flexibility index (Phi) is 7.15. The minimum absolute atomic E-state index is 0.199. The minimum atomic E-state index is -3.59. The van der Waals surface area contributed by atoms with E-state index in [1.165, 1.54) is 4.31 Å². The van der Waals surface area contributed by atoms with Gasteiger partial charge in [-0.25, -0.2) is 8.42 Å². The highest BCUT2D eigenvalue weighted by Gasteiger charge is 2.32. The Morgan fingerprint density at radius 3 is 2.34 bits per heavy atom. The summed E-state index contributed by atoms with van der Waals surface area (Å²) in [6.45, 7) is 9.59. The topological polar surface area (TPSA) is 85.1 Å². The predicted octanol–water partition coefficient (Wildman–Crippen LogP) is 2.47. The summed E-state index contributed by atoms with van der Waals surface area (Å²) in [6.07, 6.45) is 0.770. The molecule has 0 spiro atoms. The van der Waals surface area contributed by atoms with Crippen molar-refractivity contribution in [1.82, 2.24) is 14.4 Å². The quantitative estimate of drug-likeness (QED) is 0.645. The van der Waals surface area contributed by atoms with Gasteiger partial charge in [0.2, 0.25) is 10.0 Å². The maximum Gasteiger partial charge on any atom is 0.248 e. The second kappa shape index (κ2) is 9.60. The van der Waals surface area contributed by atoms with Gasteiger partial charge in [0.1, 0.15) is 28.7 Å². The van der Waals surface area contributed by atoms with E-state index in [-0.39, 0.29) is 4.90 Å². The zero-order chi connectivity index (χ0) is 20.9. The molecule has 8 nitrogen and oxygen atoms in total. The lowest BCUT2D eigenvalue weighted by atomic mass is 10.3. The Hall–Kier alpha value is -2.10. The zero-order valence-electron chi connectivity index (χ0n) is 17.3.